The Hall–Kier alpha value is -2.49. The van der Waals surface area contributed by atoms with Gasteiger partial charge in [-0.25, -0.2) is 0 Å². The highest BCUT2D eigenvalue weighted by Crippen LogP contribution is 2.41. The van der Waals surface area contributed by atoms with Gasteiger partial charge in [-0.2, -0.15) is 0 Å². The Balaban J connectivity index is 1.80. The van der Waals surface area contributed by atoms with Crippen LogP contribution in [0.2, 0.25) is 0 Å². The van der Waals surface area contributed by atoms with Crippen molar-refractivity contribution in [3.63, 3.8) is 0 Å². The molecule has 4 nitrogen and oxygen atoms in total. The van der Waals surface area contributed by atoms with E-state index in [9.17, 15) is 4.79 Å². The van der Waals surface area contributed by atoms with Crippen molar-refractivity contribution in [2.45, 2.75) is 19.6 Å². The van der Waals surface area contributed by atoms with Gasteiger partial charge < -0.3 is 14.2 Å². The van der Waals surface area contributed by atoms with Crippen LogP contribution in [0.25, 0.3) is 0 Å². The molecular weight excluding hydrogens is 256 g/mol. The maximum absolute atomic E-state index is 10.6. The van der Waals surface area contributed by atoms with Gasteiger partial charge in [0.05, 0.1) is 0 Å². The summed E-state index contributed by atoms with van der Waals surface area (Å²) in [6.07, 6.45) is 0.798. The van der Waals surface area contributed by atoms with Gasteiger partial charge in [0.1, 0.15) is 17.8 Å². The van der Waals surface area contributed by atoms with Gasteiger partial charge >= 0.3 is 0 Å². The Labute approximate surface area is 116 Å². The normalized spacial score (nSPS) is 14.9. The van der Waals surface area contributed by atoms with Gasteiger partial charge in [0.15, 0.2) is 11.5 Å². The van der Waals surface area contributed by atoms with E-state index in [4.69, 9.17) is 14.2 Å². The lowest BCUT2D eigenvalue weighted by atomic mass is 10.2. The summed E-state index contributed by atoms with van der Waals surface area (Å²) in [6.45, 7) is 3.71. The minimum atomic E-state index is -0.646. The fraction of sp³-hybridized carbons (Fsp3) is 0.188. The summed E-state index contributed by atoms with van der Waals surface area (Å²) in [7, 11) is 0. The first-order valence-electron chi connectivity index (χ1n) is 6.31. The number of carbonyl (C=O) groups excluding carboxylic acids is 1. The number of hydrogen-bond acceptors (Lipinski definition) is 4. The van der Waals surface area contributed by atoms with Gasteiger partial charge in [-0.3, -0.25) is 4.79 Å². The number of benzene rings is 2. The highest BCUT2D eigenvalue weighted by atomic mass is 16.7. The Kier molecular flexibility index (Phi) is 2.86. The smallest absolute Gasteiger partial charge is 0.246 e. The zero-order valence-corrected chi connectivity index (χ0v) is 11.3. The molecule has 3 rings (SSSR count). The molecule has 1 heterocycles. The molecule has 0 radical (unpaired) electrons. The number of aldehydes is 1. The lowest BCUT2D eigenvalue weighted by Crippen LogP contribution is -2.29. The molecular formula is C16H14O4. The van der Waals surface area contributed by atoms with Crippen LogP contribution in [0.5, 0.6) is 23.0 Å². The molecule has 0 N–H and O–H groups in total. The molecule has 0 atom stereocenters. The average Bonchev–Trinajstić information content (AvgIpc) is 2.73. The molecule has 2 aromatic carbocycles. The van der Waals surface area contributed by atoms with E-state index in [0.29, 0.717) is 28.6 Å². The third-order valence-corrected chi connectivity index (χ3v) is 2.88. The number of rotatable bonds is 3. The van der Waals surface area contributed by atoms with Crippen molar-refractivity contribution in [2.24, 2.45) is 0 Å². The first-order chi connectivity index (χ1) is 9.55. The Morgan fingerprint density at radius 1 is 0.950 bits per heavy atom. The van der Waals surface area contributed by atoms with Crippen LogP contribution in [-0.2, 0) is 0 Å². The van der Waals surface area contributed by atoms with Crippen molar-refractivity contribution in [2.75, 3.05) is 0 Å². The van der Waals surface area contributed by atoms with E-state index in [1.807, 2.05) is 26.0 Å². The predicted octanol–water partition coefficient (Wildman–Crippen LogP) is 3.80. The van der Waals surface area contributed by atoms with Gasteiger partial charge in [0, 0.05) is 25.5 Å². The molecule has 0 saturated heterocycles. The van der Waals surface area contributed by atoms with E-state index in [-0.39, 0.29) is 0 Å². The molecule has 0 aliphatic carbocycles. The predicted molar refractivity (Wildman–Crippen MR) is 73.7 cm³/mol. The maximum atomic E-state index is 10.6. The molecule has 0 bridgehead atoms. The van der Waals surface area contributed by atoms with Crippen molar-refractivity contribution in [1.82, 2.24) is 0 Å². The summed E-state index contributed by atoms with van der Waals surface area (Å²) >= 11 is 0. The van der Waals surface area contributed by atoms with Crippen molar-refractivity contribution < 1.29 is 19.0 Å². The molecule has 102 valence electrons. The minimum absolute atomic E-state index is 0.616. The van der Waals surface area contributed by atoms with Gasteiger partial charge in [0.2, 0.25) is 5.79 Å². The Morgan fingerprint density at radius 3 is 2.30 bits per heavy atom. The fourth-order valence-corrected chi connectivity index (χ4v) is 2.02. The topological polar surface area (TPSA) is 44.8 Å². The summed E-state index contributed by atoms with van der Waals surface area (Å²) in [5, 5.41) is 0. The number of carbonyl (C=O) groups is 1. The molecule has 1 aliphatic rings. The molecule has 0 aromatic heterocycles. The molecule has 0 saturated carbocycles. The van der Waals surface area contributed by atoms with Crippen molar-refractivity contribution >= 4 is 6.29 Å². The molecule has 0 unspecified atom stereocenters. The summed E-state index contributed by atoms with van der Waals surface area (Å²) in [4.78, 5) is 10.6. The third-order valence-electron chi connectivity index (χ3n) is 2.88. The second-order valence-corrected chi connectivity index (χ2v) is 5.00. The summed E-state index contributed by atoms with van der Waals surface area (Å²) in [6, 6.07) is 12.3. The maximum Gasteiger partial charge on any atom is 0.246 e. The van der Waals surface area contributed by atoms with E-state index < -0.39 is 5.79 Å². The summed E-state index contributed by atoms with van der Waals surface area (Å²) < 4.78 is 17.0. The summed E-state index contributed by atoms with van der Waals surface area (Å²) in [5.41, 5.74) is 0.616. The van der Waals surface area contributed by atoms with E-state index in [1.54, 1.807) is 30.3 Å². The minimum Gasteiger partial charge on any atom is -0.457 e. The third kappa shape index (κ3) is 2.45. The number of ether oxygens (including phenoxy) is 3. The molecule has 1 aliphatic heterocycles. The molecule has 2 aromatic rings. The van der Waals surface area contributed by atoms with E-state index in [0.717, 1.165) is 6.29 Å². The molecule has 0 amide bonds. The Morgan fingerprint density at radius 2 is 1.60 bits per heavy atom. The number of hydrogen-bond donors (Lipinski definition) is 0. The monoisotopic (exact) mass is 270 g/mol. The van der Waals surface area contributed by atoms with Gasteiger partial charge in [0.25, 0.3) is 0 Å². The van der Waals surface area contributed by atoms with Crippen LogP contribution >= 0.6 is 0 Å². The van der Waals surface area contributed by atoms with Crippen molar-refractivity contribution in [3.8, 4) is 23.0 Å². The van der Waals surface area contributed by atoms with Crippen molar-refractivity contribution in [3.05, 3.63) is 48.0 Å². The van der Waals surface area contributed by atoms with Crippen LogP contribution in [0.15, 0.2) is 42.5 Å². The lowest BCUT2D eigenvalue weighted by molar-refractivity contribution is -0.0431. The SMILES string of the molecule is CC1(C)Oc2ccc(Oc3ccc(C=O)cc3)cc2O1. The largest absolute Gasteiger partial charge is 0.457 e. The van der Waals surface area contributed by atoms with Gasteiger partial charge in [-0.05, 0) is 36.4 Å². The highest BCUT2D eigenvalue weighted by molar-refractivity contribution is 5.74. The van der Waals surface area contributed by atoms with Crippen molar-refractivity contribution in [1.29, 1.82) is 0 Å². The highest BCUT2D eigenvalue weighted by Gasteiger charge is 2.31. The second-order valence-electron chi connectivity index (χ2n) is 5.00. The standard InChI is InChI=1S/C16H14O4/c1-16(2)19-14-8-7-13(9-15(14)20-16)18-12-5-3-11(10-17)4-6-12/h3-10H,1-2H3. The zero-order chi connectivity index (χ0) is 14.2. The molecule has 4 heteroatoms. The van der Waals surface area contributed by atoms with E-state index in [2.05, 4.69) is 0 Å². The van der Waals surface area contributed by atoms with Crippen LogP contribution in [0.1, 0.15) is 24.2 Å². The molecule has 20 heavy (non-hydrogen) atoms. The molecule has 0 spiro atoms. The quantitative estimate of drug-likeness (QED) is 0.796. The van der Waals surface area contributed by atoms with E-state index in [1.165, 1.54) is 0 Å². The lowest BCUT2D eigenvalue weighted by Gasteiger charge is -2.16. The zero-order valence-electron chi connectivity index (χ0n) is 11.3. The summed E-state index contributed by atoms with van der Waals surface area (Å²) in [5.74, 6) is 2.04. The van der Waals surface area contributed by atoms with E-state index >= 15 is 0 Å². The number of fused-ring (bicyclic) bond motifs is 1. The Bertz CT molecular complexity index is 644. The average molecular weight is 270 g/mol. The van der Waals surface area contributed by atoms with Crippen LogP contribution in [0.4, 0.5) is 0 Å². The molecule has 0 fully saturated rings. The fourth-order valence-electron chi connectivity index (χ4n) is 2.02. The van der Waals surface area contributed by atoms with Gasteiger partial charge in [-0.15, -0.1) is 0 Å². The second kappa shape index (κ2) is 4.56. The van der Waals surface area contributed by atoms with Crippen LogP contribution in [-0.4, -0.2) is 12.1 Å². The van der Waals surface area contributed by atoms with Crippen LogP contribution < -0.4 is 14.2 Å². The van der Waals surface area contributed by atoms with Gasteiger partial charge in [-0.1, -0.05) is 0 Å². The first-order valence-corrected chi connectivity index (χ1v) is 6.31. The first kappa shape index (κ1) is 12.5. The van der Waals surface area contributed by atoms with Crippen LogP contribution in [0, 0.1) is 0 Å². The van der Waals surface area contributed by atoms with Crippen LogP contribution in [0.3, 0.4) is 0 Å².